The number of carbonyl (C=O) groups excluding carboxylic acids is 1. The summed E-state index contributed by atoms with van der Waals surface area (Å²) in [5.74, 6) is 0.506. The fraction of sp³-hybridized carbons (Fsp3) is 0.154. The van der Waals surface area contributed by atoms with Crippen LogP contribution >= 0.6 is 0 Å². The molecular weight excluding hydrogens is 530 g/mol. The van der Waals surface area contributed by atoms with Gasteiger partial charge in [0.2, 0.25) is 0 Å². The van der Waals surface area contributed by atoms with Crippen LogP contribution in [0.5, 0.6) is 5.75 Å². The summed E-state index contributed by atoms with van der Waals surface area (Å²) < 4.78 is 14.5. The van der Waals surface area contributed by atoms with Crippen LogP contribution in [0.2, 0.25) is 0 Å². The third-order valence-corrected chi connectivity index (χ3v) is 8.75. The molecule has 0 aliphatic heterocycles. The maximum Gasteiger partial charge on any atom is 0.424 e. The van der Waals surface area contributed by atoms with E-state index in [-0.39, 0.29) is 5.41 Å². The van der Waals surface area contributed by atoms with E-state index in [1.54, 1.807) is 16.7 Å². The highest BCUT2D eigenvalue weighted by Crippen LogP contribution is 2.47. The summed E-state index contributed by atoms with van der Waals surface area (Å²) in [7, 11) is 0. The van der Waals surface area contributed by atoms with E-state index < -0.39 is 6.09 Å². The minimum absolute atomic E-state index is 0.0343. The largest absolute Gasteiger partial charge is 0.455 e. The Morgan fingerprint density at radius 1 is 0.721 bits per heavy atom. The van der Waals surface area contributed by atoms with Gasteiger partial charge in [-0.05, 0) is 71.0 Å². The highest BCUT2D eigenvalue weighted by atomic mass is 16.6. The summed E-state index contributed by atoms with van der Waals surface area (Å²) in [5.41, 5.74) is 6.84. The summed E-state index contributed by atoms with van der Waals surface area (Å²) in [5, 5.41) is 8.36. The summed E-state index contributed by atoms with van der Waals surface area (Å²) in [6, 6.07) is 32.7. The first-order chi connectivity index (χ1) is 20.7. The third kappa shape index (κ3) is 3.72. The van der Waals surface area contributed by atoms with E-state index in [4.69, 9.17) is 9.15 Å². The molecule has 0 saturated carbocycles. The van der Waals surface area contributed by atoms with Crippen LogP contribution in [0.25, 0.3) is 65.3 Å². The summed E-state index contributed by atoms with van der Waals surface area (Å²) in [6.07, 6.45) is -0.437. The number of aromatic nitrogens is 1. The molecule has 0 bridgehead atoms. The van der Waals surface area contributed by atoms with Crippen LogP contribution in [-0.4, -0.2) is 10.7 Å². The Hall–Kier alpha value is -5.09. The summed E-state index contributed by atoms with van der Waals surface area (Å²) >= 11 is 0. The Morgan fingerprint density at radius 3 is 2.23 bits per heavy atom. The van der Waals surface area contributed by atoms with Crippen molar-refractivity contribution in [2.45, 2.75) is 40.0 Å². The van der Waals surface area contributed by atoms with Crippen LogP contribution in [0.3, 0.4) is 0 Å². The van der Waals surface area contributed by atoms with Crippen LogP contribution < -0.4 is 4.74 Å². The van der Waals surface area contributed by atoms with E-state index in [2.05, 4.69) is 89.2 Å². The second-order valence-electron chi connectivity index (χ2n) is 12.7. The van der Waals surface area contributed by atoms with E-state index >= 15 is 0 Å². The molecule has 0 radical (unpaired) electrons. The molecule has 0 atom stereocenters. The van der Waals surface area contributed by atoms with Gasteiger partial charge >= 0.3 is 6.09 Å². The lowest BCUT2D eigenvalue weighted by atomic mass is 9.85. The van der Waals surface area contributed by atoms with Crippen molar-refractivity contribution in [2.24, 2.45) is 0 Å². The van der Waals surface area contributed by atoms with Gasteiger partial charge in [-0.25, -0.2) is 9.36 Å². The van der Waals surface area contributed by atoms with Crippen molar-refractivity contribution in [3.8, 4) is 5.75 Å². The van der Waals surface area contributed by atoms with Gasteiger partial charge < -0.3 is 9.15 Å². The molecule has 6 aromatic carbocycles. The van der Waals surface area contributed by atoms with Crippen molar-refractivity contribution in [1.29, 1.82) is 0 Å². The molecule has 2 heterocycles. The zero-order valence-electron chi connectivity index (χ0n) is 24.9. The molecule has 2 aromatic heterocycles. The number of hydrogen-bond donors (Lipinski definition) is 0. The maximum absolute atomic E-state index is 14.2. The number of para-hydroxylation sites is 1. The predicted octanol–water partition coefficient (Wildman–Crippen LogP) is 11.0. The lowest BCUT2D eigenvalue weighted by molar-refractivity contribution is 0.204. The van der Waals surface area contributed by atoms with Gasteiger partial charge in [-0.3, -0.25) is 0 Å². The fourth-order valence-corrected chi connectivity index (χ4v) is 6.83. The Labute approximate surface area is 249 Å². The Kier molecular flexibility index (Phi) is 5.33. The molecule has 0 saturated heterocycles. The van der Waals surface area contributed by atoms with E-state index in [1.165, 1.54) is 10.9 Å². The molecule has 0 aliphatic rings. The topological polar surface area (TPSA) is 44.4 Å². The molecule has 210 valence electrons. The Morgan fingerprint density at radius 2 is 1.47 bits per heavy atom. The summed E-state index contributed by atoms with van der Waals surface area (Å²) in [4.78, 5) is 14.2. The third-order valence-electron chi connectivity index (χ3n) is 8.75. The van der Waals surface area contributed by atoms with Crippen LogP contribution in [-0.2, 0) is 5.41 Å². The number of rotatable bonds is 1. The highest BCUT2D eigenvalue weighted by Gasteiger charge is 2.27. The first-order valence-electron chi connectivity index (χ1n) is 14.7. The van der Waals surface area contributed by atoms with Gasteiger partial charge in [-0.2, -0.15) is 0 Å². The van der Waals surface area contributed by atoms with Gasteiger partial charge in [-0.15, -0.1) is 0 Å². The number of ether oxygens (including phenoxy) is 1. The van der Waals surface area contributed by atoms with Crippen molar-refractivity contribution >= 4 is 71.4 Å². The van der Waals surface area contributed by atoms with Crippen molar-refractivity contribution in [2.75, 3.05) is 0 Å². The molecule has 0 unspecified atom stereocenters. The maximum atomic E-state index is 14.2. The van der Waals surface area contributed by atoms with Gasteiger partial charge in [0.25, 0.3) is 0 Å². The number of hydrogen-bond acceptors (Lipinski definition) is 3. The molecule has 4 heteroatoms. The molecule has 43 heavy (non-hydrogen) atoms. The molecule has 0 aliphatic carbocycles. The molecule has 4 nitrogen and oxygen atoms in total. The van der Waals surface area contributed by atoms with Crippen LogP contribution in [0.1, 0.15) is 37.5 Å². The SMILES string of the molecule is Cc1cc(C)c2c3c4c(oc5ccc6cc(C(C)(C)C)ccc6c54)c4ccccc4c3n(C(=O)Oc3ccccc3)c2c1. The molecule has 0 amide bonds. The van der Waals surface area contributed by atoms with Gasteiger partial charge in [0.05, 0.1) is 11.0 Å². The predicted molar refractivity (Wildman–Crippen MR) is 178 cm³/mol. The van der Waals surface area contributed by atoms with E-state index in [0.29, 0.717) is 5.75 Å². The number of fused-ring (bicyclic) bond motifs is 12. The number of benzene rings is 6. The van der Waals surface area contributed by atoms with Crippen molar-refractivity contribution in [3.63, 3.8) is 0 Å². The molecule has 8 aromatic rings. The molecule has 0 N–H and O–H groups in total. The first-order valence-corrected chi connectivity index (χ1v) is 14.7. The average Bonchev–Trinajstić information content (AvgIpc) is 3.54. The van der Waals surface area contributed by atoms with Crippen molar-refractivity contribution in [3.05, 3.63) is 114 Å². The molecule has 0 spiro atoms. The van der Waals surface area contributed by atoms with Gasteiger partial charge in [0, 0.05) is 32.3 Å². The van der Waals surface area contributed by atoms with E-state index in [0.717, 1.165) is 71.0 Å². The van der Waals surface area contributed by atoms with E-state index in [1.807, 2.05) is 30.3 Å². The van der Waals surface area contributed by atoms with Crippen LogP contribution in [0, 0.1) is 13.8 Å². The van der Waals surface area contributed by atoms with E-state index in [9.17, 15) is 4.79 Å². The number of carbonyl (C=O) groups is 1. The second-order valence-corrected chi connectivity index (χ2v) is 12.7. The zero-order chi connectivity index (χ0) is 29.6. The normalized spacial score (nSPS) is 12.4. The van der Waals surface area contributed by atoms with Crippen molar-refractivity contribution < 1.29 is 13.9 Å². The smallest absolute Gasteiger partial charge is 0.424 e. The fourth-order valence-electron chi connectivity index (χ4n) is 6.83. The Bertz CT molecular complexity index is 2440. The first kappa shape index (κ1) is 25.6. The lowest BCUT2D eigenvalue weighted by Crippen LogP contribution is -2.16. The number of furan rings is 1. The average molecular weight is 562 g/mol. The highest BCUT2D eigenvalue weighted by molar-refractivity contribution is 6.39. The second kappa shape index (κ2) is 8.95. The van der Waals surface area contributed by atoms with Gasteiger partial charge in [0.1, 0.15) is 16.9 Å². The molecular formula is C39H31NO3. The molecule has 0 fully saturated rings. The van der Waals surface area contributed by atoms with Gasteiger partial charge in [-0.1, -0.05) is 93.6 Å². The number of nitrogens with zero attached hydrogens (tertiary/aromatic N) is 1. The van der Waals surface area contributed by atoms with Crippen LogP contribution in [0.15, 0.2) is 101 Å². The summed E-state index contributed by atoms with van der Waals surface area (Å²) in [6.45, 7) is 10.9. The van der Waals surface area contributed by atoms with Crippen molar-refractivity contribution in [1.82, 2.24) is 4.57 Å². The quantitative estimate of drug-likeness (QED) is 0.200. The standard InChI is InChI=1S/C39H31NO3/c1-22-19-23(2)32-30(20-22)40(38(41)42-26-11-7-6-8-12-26)36-28-13-9-10-14-29(28)37-35(34(32)36)33-27-17-16-25(39(3,4)5)21-24(27)15-18-31(33)43-37/h6-21H,1-5H3. The van der Waals surface area contributed by atoms with Crippen LogP contribution in [0.4, 0.5) is 4.79 Å². The van der Waals surface area contributed by atoms with Gasteiger partial charge in [0.15, 0.2) is 0 Å². The monoisotopic (exact) mass is 561 g/mol. The number of aryl methyl sites for hydroxylation is 2. The lowest BCUT2D eigenvalue weighted by Gasteiger charge is -2.19. The minimum Gasteiger partial charge on any atom is -0.455 e. The Balaban J connectivity index is 1.61. The minimum atomic E-state index is -0.437. The zero-order valence-corrected chi connectivity index (χ0v) is 24.9. The molecule has 8 rings (SSSR count).